The lowest BCUT2D eigenvalue weighted by Crippen LogP contribution is -1.97. The predicted molar refractivity (Wildman–Crippen MR) is 57.9 cm³/mol. The second kappa shape index (κ2) is 4.51. The molecular weight excluding hydrogens is 247 g/mol. The fourth-order valence-electron chi connectivity index (χ4n) is 1.03. The fraction of sp³-hybridized carbons (Fsp3) is 0.182. The van der Waals surface area contributed by atoms with E-state index < -0.39 is 5.82 Å². The number of carbonyl (C=O) groups excluding carboxylic acids is 1. The number of halogens is 2. The molecule has 1 rings (SSSR count). The third-order valence-electron chi connectivity index (χ3n) is 1.61. The highest BCUT2D eigenvalue weighted by molar-refractivity contribution is 9.10. The number of hydrogen-bond acceptors (Lipinski definition) is 1. The Labute approximate surface area is 90.8 Å². The molecule has 74 valence electrons. The zero-order valence-corrected chi connectivity index (χ0v) is 9.56. The summed E-state index contributed by atoms with van der Waals surface area (Å²) in [7, 11) is 0. The molecule has 3 heteroatoms. The number of benzene rings is 1. The Bertz CT molecular complexity index is 392. The summed E-state index contributed by atoms with van der Waals surface area (Å²) in [5, 5.41) is 0. The zero-order chi connectivity index (χ0) is 10.7. The van der Waals surface area contributed by atoms with Crippen molar-refractivity contribution < 1.29 is 9.18 Å². The van der Waals surface area contributed by atoms with Crippen molar-refractivity contribution in [2.24, 2.45) is 0 Å². The summed E-state index contributed by atoms with van der Waals surface area (Å²) < 4.78 is 13.5. The summed E-state index contributed by atoms with van der Waals surface area (Å²) in [4.78, 5) is 11.6. The number of ketones is 1. The van der Waals surface area contributed by atoms with Crippen LogP contribution in [0.1, 0.15) is 24.2 Å². The van der Waals surface area contributed by atoms with E-state index in [1.807, 2.05) is 13.8 Å². The van der Waals surface area contributed by atoms with Crippen LogP contribution in [-0.2, 0) is 0 Å². The van der Waals surface area contributed by atoms with Gasteiger partial charge in [0.15, 0.2) is 5.78 Å². The first-order chi connectivity index (χ1) is 6.50. The van der Waals surface area contributed by atoms with E-state index in [1.165, 1.54) is 24.3 Å². The lowest BCUT2D eigenvalue weighted by atomic mass is 10.1. The van der Waals surface area contributed by atoms with Crippen LogP contribution in [0.15, 0.2) is 34.3 Å². The van der Waals surface area contributed by atoms with Gasteiger partial charge in [-0.1, -0.05) is 21.5 Å². The standard InChI is InChI=1S/C11H10BrFO/c1-7(2)5-11(14)9-6-8(13)3-4-10(9)12/h3-6H,1-2H3. The van der Waals surface area contributed by atoms with E-state index in [0.29, 0.717) is 10.0 Å². The number of rotatable bonds is 2. The van der Waals surface area contributed by atoms with Crippen molar-refractivity contribution in [3.8, 4) is 0 Å². The van der Waals surface area contributed by atoms with Gasteiger partial charge in [0.1, 0.15) is 5.82 Å². The Morgan fingerprint density at radius 1 is 1.43 bits per heavy atom. The second-order valence-corrected chi connectivity index (χ2v) is 4.06. The molecule has 0 aliphatic carbocycles. The van der Waals surface area contributed by atoms with Gasteiger partial charge in [-0.05, 0) is 38.1 Å². The Kier molecular flexibility index (Phi) is 3.58. The van der Waals surface area contributed by atoms with Gasteiger partial charge in [-0.3, -0.25) is 4.79 Å². The molecule has 0 saturated carbocycles. The Hall–Kier alpha value is -0.960. The molecule has 0 bridgehead atoms. The molecule has 0 N–H and O–H groups in total. The van der Waals surface area contributed by atoms with Crippen LogP contribution in [0, 0.1) is 5.82 Å². The predicted octanol–water partition coefficient (Wildman–Crippen LogP) is 3.74. The normalized spacial score (nSPS) is 9.71. The average Bonchev–Trinajstić information content (AvgIpc) is 2.08. The Balaban J connectivity index is 3.12. The maximum Gasteiger partial charge on any atom is 0.187 e. The van der Waals surface area contributed by atoms with E-state index in [1.54, 1.807) is 0 Å². The quantitative estimate of drug-likeness (QED) is 0.582. The van der Waals surface area contributed by atoms with Crippen molar-refractivity contribution in [1.29, 1.82) is 0 Å². The highest BCUT2D eigenvalue weighted by Crippen LogP contribution is 2.19. The smallest absolute Gasteiger partial charge is 0.187 e. The minimum absolute atomic E-state index is 0.184. The molecule has 0 fully saturated rings. The molecule has 0 atom stereocenters. The van der Waals surface area contributed by atoms with Crippen LogP contribution in [0.5, 0.6) is 0 Å². The second-order valence-electron chi connectivity index (χ2n) is 3.21. The monoisotopic (exact) mass is 256 g/mol. The van der Waals surface area contributed by atoms with Gasteiger partial charge < -0.3 is 0 Å². The van der Waals surface area contributed by atoms with Crippen LogP contribution in [0.25, 0.3) is 0 Å². The van der Waals surface area contributed by atoms with E-state index in [-0.39, 0.29) is 5.78 Å². The molecule has 0 aliphatic rings. The van der Waals surface area contributed by atoms with Crippen molar-refractivity contribution in [3.05, 3.63) is 45.7 Å². The first kappa shape index (κ1) is 11.1. The van der Waals surface area contributed by atoms with E-state index in [4.69, 9.17) is 0 Å². The van der Waals surface area contributed by atoms with Crippen LogP contribution in [-0.4, -0.2) is 5.78 Å². The van der Waals surface area contributed by atoms with Gasteiger partial charge in [0.25, 0.3) is 0 Å². The largest absolute Gasteiger partial charge is 0.289 e. The molecule has 0 amide bonds. The van der Waals surface area contributed by atoms with Gasteiger partial charge in [0.05, 0.1) is 0 Å². The van der Waals surface area contributed by atoms with Crippen molar-refractivity contribution in [3.63, 3.8) is 0 Å². The summed E-state index contributed by atoms with van der Waals surface area (Å²) in [6.45, 7) is 3.65. The van der Waals surface area contributed by atoms with Gasteiger partial charge in [-0.2, -0.15) is 0 Å². The van der Waals surface area contributed by atoms with Gasteiger partial charge in [-0.25, -0.2) is 4.39 Å². The molecule has 0 aromatic heterocycles. The van der Waals surface area contributed by atoms with E-state index in [9.17, 15) is 9.18 Å². The summed E-state index contributed by atoms with van der Waals surface area (Å²) >= 11 is 3.20. The van der Waals surface area contributed by atoms with Gasteiger partial charge >= 0.3 is 0 Å². The van der Waals surface area contributed by atoms with Crippen LogP contribution in [0.3, 0.4) is 0 Å². The summed E-state index contributed by atoms with van der Waals surface area (Å²) in [6, 6.07) is 4.07. The van der Waals surface area contributed by atoms with Crippen molar-refractivity contribution in [2.45, 2.75) is 13.8 Å². The van der Waals surface area contributed by atoms with E-state index in [0.717, 1.165) is 5.57 Å². The van der Waals surface area contributed by atoms with Gasteiger partial charge in [0.2, 0.25) is 0 Å². The topological polar surface area (TPSA) is 17.1 Å². The van der Waals surface area contributed by atoms with Crippen molar-refractivity contribution in [2.75, 3.05) is 0 Å². The SMILES string of the molecule is CC(C)=CC(=O)c1cc(F)ccc1Br. The summed E-state index contributed by atoms with van der Waals surface area (Å²) in [5.41, 5.74) is 1.25. The summed E-state index contributed by atoms with van der Waals surface area (Å²) in [5.74, 6) is -0.588. The molecule has 1 aromatic carbocycles. The first-order valence-electron chi connectivity index (χ1n) is 4.15. The highest BCUT2D eigenvalue weighted by atomic mass is 79.9. The first-order valence-corrected chi connectivity index (χ1v) is 4.94. The molecule has 0 unspecified atom stereocenters. The van der Waals surface area contributed by atoms with Crippen LogP contribution >= 0.6 is 15.9 Å². The van der Waals surface area contributed by atoms with Gasteiger partial charge in [0, 0.05) is 10.0 Å². The summed E-state index contributed by atoms with van der Waals surface area (Å²) in [6.07, 6.45) is 1.49. The fourth-order valence-corrected chi connectivity index (χ4v) is 1.47. The van der Waals surface area contributed by atoms with E-state index >= 15 is 0 Å². The molecule has 0 saturated heterocycles. The third-order valence-corrected chi connectivity index (χ3v) is 2.31. The molecule has 1 aromatic rings. The molecule has 0 aliphatic heterocycles. The number of hydrogen-bond donors (Lipinski definition) is 0. The minimum atomic E-state index is -0.404. The number of carbonyl (C=O) groups is 1. The molecule has 0 spiro atoms. The molecule has 0 heterocycles. The van der Waals surface area contributed by atoms with Crippen molar-refractivity contribution >= 4 is 21.7 Å². The van der Waals surface area contributed by atoms with E-state index in [2.05, 4.69) is 15.9 Å². The average molecular weight is 257 g/mol. The lowest BCUT2D eigenvalue weighted by Gasteiger charge is -2.00. The number of allylic oxidation sites excluding steroid dienone is 2. The lowest BCUT2D eigenvalue weighted by molar-refractivity contribution is 0.104. The van der Waals surface area contributed by atoms with Crippen molar-refractivity contribution in [1.82, 2.24) is 0 Å². The van der Waals surface area contributed by atoms with Gasteiger partial charge in [-0.15, -0.1) is 0 Å². The zero-order valence-electron chi connectivity index (χ0n) is 7.97. The molecular formula is C11H10BrFO. The Morgan fingerprint density at radius 2 is 2.07 bits per heavy atom. The minimum Gasteiger partial charge on any atom is -0.289 e. The third kappa shape index (κ3) is 2.77. The molecule has 0 radical (unpaired) electrons. The van der Waals surface area contributed by atoms with Crippen LogP contribution < -0.4 is 0 Å². The van der Waals surface area contributed by atoms with Crippen LogP contribution in [0.4, 0.5) is 4.39 Å². The molecule has 14 heavy (non-hydrogen) atoms. The maximum absolute atomic E-state index is 12.9. The molecule has 1 nitrogen and oxygen atoms in total. The highest BCUT2D eigenvalue weighted by Gasteiger charge is 2.08. The van der Waals surface area contributed by atoms with Crippen LogP contribution in [0.2, 0.25) is 0 Å². The Morgan fingerprint density at radius 3 is 2.64 bits per heavy atom. The maximum atomic E-state index is 12.9.